The Morgan fingerprint density at radius 2 is 1.87 bits per heavy atom. The molecule has 0 unspecified atom stereocenters. The monoisotopic (exact) mass is 250 g/mol. The largest absolute Gasteiger partial charge is 0.354 e. The molecule has 1 rings (SSSR count). The Hall–Kier alpha value is -0.520. The van der Waals surface area contributed by atoms with Gasteiger partial charge in [0.05, 0.1) is 5.02 Å². The van der Waals surface area contributed by atoms with Crippen LogP contribution in [0.5, 0.6) is 0 Å². The molecule has 15 heavy (non-hydrogen) atoms. The number of sulfonamides is 1. The van der Waals surface area contributed by atoms with Crippen LogP contribution in [0, 0.1) is 0 Å². The average Bonchev–Trinajstić information content (AvgIpc) is 2.24. The summed E-state index contributed by atoms with van der Waals surface area (Å²) in [4.78, 5) is 0.113. The van der Waals surface area contributed by atoms with E-state index in [9.17, 15) is 8.42 Å². The van der Waals surface area contributed by atoms with E-state index in [0.29, 0.717) is 0 Å². The molecular weight excluding hydrogens is 236 g/mol. The molecular formula is C9H15ClN2O2S. The summed E-state index contributed by atoms with van der Waals surface area (Å²) in [5, 5.41) is 0.231. The molecule has 1 N–H and O–H groups in total. The number of hydrogen-bond donors (Lipinski definition) is 1. The van der Waals surface area contributed by atoms with Gasteiger partial charge in [-0.15, -0.1) is 0 Å². The van der Waals surface area contributed by atoms with Crippen LogP contribution in [0.25, 0.3) is 0 Å². The van der Waals surface area contributed by atoms with Crippen molar-refractivity contribution < 1.29 is 8.42 Å². The predicted octanol–water partition coefficient (Wildman–Crippen LogP) is 1.76. The van der Waals surface area contributed by atoms with Gasteiger partial charge in [0.15, 0.2) is 0 Å². The topological polar surface area (TPSA) is 51.1 Å². The second-order valence-electron chi connectivity index (χ2n) is 4.49. The van der Waals surface area contributed by atoms with Crippen molar-refractivity contribution in [2.24, 2.45) is 7.05 Å². The van der Waals surface area contributed by atoms with Crippen LogP contribution in [-0.4, -0.2) is 18.5 Å². The Bertz CT molecular complexity index is 457. The van der Waals surface area contributed by atoms with E-state index in [1.807, 2.05) is 0 Å². The lowest BCUT2D eigenvalue weighted by atomic mass is 10.1. The summed E-state index contributed by atoms with van der Waals surface area (Å²) < 4.78 is 27.9. The fraction of sp³-hybridized carbons (Fsp3) is 0.556. The van der Waals surface area contributed by atoms with Crippen molar-refractivity contribution in [3.05, 3.63) is 17.4 Å². The molecule has 4 nitrogen and oxygen atoms in total. The maximum absolute atomic E-state index is 11.9. The minimum atomic E-state index is -3.53. The zero-order valence-electron chi connectivity index (χ0n) is 9.20. The molecule has 0 bridgehead atoms. The summed E-state index contributed by atoms with van der Waals surface area (Å²) >= 11 is 5.82. The summed E-state index contributed by atoms with van der Waals surface area (Å²) in [5.41, 5.74) is -0.516. The molecule has 0 amide bonds. The van der Waals surface area contributed by atoms with Crippen molar-refractivity contribution in [3.63, 3.8) is 0 Å². The minimum absolute atomic E-state index is 0.113. The van der Waals surface area contributed by atoms with Gasteiger partial charge in [0.2, 0.25) is 10.0 Å². The second kappa shape index (κ2) is 3.81. The fourth-order valence-electron chi connectivity index (χ4n) is 1.18. The molecule has 0 atom stereocenters. The highest BCUT2D eigenvalue weighted by atomic mass is 35.5. The third-order valence-corrected chi connectivity index (χ3v) is 3.80. The highest BCUT2D eigenvalue weighted by molar-refractivity contribution is 7.89. The van der Waals surface area contributed by atoms with Gasteiger partial charge in [0.1, 0.15) is 4.90 Å². The molecule has 6 heteroatoms. The minimum Gasteiger partial charge on any atom is -0.354 e. The first kappa shape index (κ1) is 12.5. The lowest BCUT2D eigenvalue weighted by Gasteiger charge is -2.19. The summed E-state index contributed by atoms with van der Waals surface area (Å²) in [6.07, 6.45) is 3.04. The molecule has 0 radical (unpaired) electrons. The number of halogens is 1. The van der Waals surface area contributed by atoms with E-state index >= 15 is 0 Å². The Morgan fingerprint density at radius 3 is 2.20 bits per heavy atom. The first-order valence-corrected chi connectivity index (χ1v) is 6.33. The highest BCUT2D eigenvalue weighted by Gasteiger charge is 2.25. The SMILES string of the molecule is Cn1cc(Cl)c(S(=O)(=O)NC(C)(C)C)c1. The van der Waals surface area contributed by atoms with Crippen molar-refractivity contribution in [2.75, 3.05) is 0 Å². The maximum Gasteiger partial charge on any atom is 0.244 e. The normalized spacial score (nSPS) is 13.1. The summed E-state index contributed by atoms with van der Waals surface area (Å²) in [5.74, 6) is 0. The van der Waals surface area contributed by atoms with E-state index in [0.717, 1.165) is 0 Å². The standard InChI is InChI=1S/C9H15ClN2O2S/c1-9(2,3)11-15(13,14)8-6-12(4)5-7(8)10/h5-6,11H,1-4H3. The number of nitrogens with one attached hydrogen (secondary N) is 1. The van der Waals surface area contributed by atoms with Gasteiger partial charge in [-0.3, -0.25) is 0 Å². The van der Waals surface area contributed by atoms with Crippen LogP contribution in [0.1, 0.15) is 20.8 Å². The molecule has 1 heterocycles. The van der Waals surface area contributed by atoms with Crippen LogP contribution in [-0.2, 0) is 17.1 Å². The van der Waals surface area contributed by atoms with Crippen LogP contribution in [0.15, 0.2) is 17.3 Å². The third-order valence-electron chi connectivity index (χ3n) is 1.60. The average molecular weight is 251 g/mol. The van der Waals surface area contributed by atoms with E-state index in [2.05, 4.69) is 4.72 Å². The first-order chi connectivity index (χ1) is 6.62. The van der Waals surface area contributed by atoms with Gasteiger partial charge in [-0.2, -0.15) is 0 Å². The Kier molecular flexibility index (Phi) is 3.19. The molecule has 0 saturated carbocycles. The van der Waals surface area contributed by atoms with Crippen molar-refractivity contribution in [1.82, 2.24) is 9.29 Å². The lowest BCUT2D eigenvalue weighted by molar-refractivity contribution is 0.491. The predicted molar refractivity (Wildman–Crippen MR) is 60.5 cm³/mol. The number of nitrogens with zero attached hydrogens (tertiary/aromatic N) is 1. The third kappa shape index (κ3) is 3.22. The number of rotatable bonds is 2. The number of hydrogen-bond acceptors (Lipinski definition) is 2. The van der Waals surface area contributed by atoms with Gasteiger partial charge in [-0.25, -0.2) is 13.1 Å². The van der Waals surface area contributed by atoms with Crippen LogP contribution in [0.2, 0.25) is 5.02 Å². The Balaban J connectivity index is 3.13. The van der Waals surface area contributed by atoms with Gasteiger partial charge in [-0.1, -0.05) is 11.6 Å². The van der Waals surface area contributed by atoms with E-state index in [1.54, 1.807) is 38.6 Å². The van der Waals surface area contributed by atoms with Gasteiger partial charge >= 0.3 is 0 Å². The van der Waals surface area contributed by atoms with Gasteiger partial charge in [-0.05, 0) is 20.8 Å². The number of aromatic nitrogens is 1. The quantitative estimate of drug-likeness (QED) is 0.870. The molecule has 0 aliphatic rings. The summed E-state index contributed by atoms with van der Waals surface area (Å²) in [6, 6.07) is 0. The van der Waals surface area contributed by atoms with E-state index in [1.165, 1.54) is 6.20 Å². The van der Waals surface area contributed by atoms with Crippen molar-refractivity contribution in [1.29, 1.82) is 0 Å². The number of aryl methyl sites for hydroxylation is 1. The zero-order valence-corrected chi connectivity index (χ0v) is 10.8. The summed E-state index contributed by atoms with van der Waals surface area (Å²) in [7, 11) is -1.81. The van der Waals surface area contributed by atoms with Crippen LogP contribution < -0.4 is 4.72 Å². The van der Waals surface area contributed by atoms with Crippen molar-refractivity contribution in [2.45, 2.75) is 31.2 Å². The van der Waals surface area contributed by atoms with Crippen molar-refractivity contribution >= 4 is 21.6 Å². The Morgan fingerprint density at radius 1 is 1.33 bits per heavy atom. The molecule has 0 aromatic carbocycles. The van der Waals surface area contributed by atoms with Gasteiger partial charge in [0.25, 0.3) is 0 Å². The molecule has 1 aromatic rings. The molecule has 86 valence electrons. The molecule has 1 aromatic heterocycles. The van der Waals surface area contributed by atoms with E-state index < -0.39 is 15.6 Å². The first-order valence-electron chi connectivity index (χ1n) is 4.47. The molecule has 0 fully saturated rings. The molecule has 0 spiro atoms. The fourth-order valence-corrected chi connectivity index (χ4v) is 3.22. The maximum atomic E-state index is 11.9. The van der Waals surface area contributed by atoms with Crippen LogP contribution >= 0.6 is 11.6 Å². The smallest absolute Gasteiger partial charge is 0.244 e. The summed E-state index contributed by atoms with van der Waals surface area (Å²) in [6.45, 7) is 5.34. The Labute approximate surface area is 95.3 Å². The van der Waals surface area contributed by atoms with Crippen LogP contribution in [0.3, 0.4) is 0 Å². The molecule has 0 aliphatic carbocycles. The van der Waals surface area contributed by atoms with Gasteiger partial charge < -0.3 is 4.57 Å². The van der Waals surface area contributed by atoms with E-state index in [4.69, 9.17) is 11.6 Å². The highest BCUT2D eigenvalue weighted by Crippen LogP contribution is 2.22. The lowest BCUT2D eigenvalue weighted by Crippen LogP contribution is -2.40. The zero-order chi connectivity index (χ0) is 11.9. The van der Waals surface area contributed by atoms with Crippen LogP contribution in [0.4, 0.5) is 0 Å². The molecule has 0 aliphatic heterocycles. The molecule has 0 saturated heterocycles. The van der Waals surface area contributed by atoms with Crippen molar-refractivity contribution in [3.8, 4) is 0 Å². The second-order valence-corrected chi connectivity index (χ2v) is 6.55. The van der Waals surface area contributed by atoms with Gasteiger partial charge in [0, 0.05) is 25.0 Å². The van der Waals surface area contributed by atoms with E-state index in [-0.39, 0.29) is 9.92 Å².